The molecule has 0 unspecified atom stereocenters. The smallest absolute Gasteiger partial charge is 0.183 e. The Morgan fingerprint density at radius 1 is 1.39 bits per heavy atom. The van der Waals surface area contributed by atoms with Crippen LogP contribution in [0.3, 0.4) is 0 Å². The average Bonchev–Trinajstić information content (AvgIpc) is 2.75. The number of nitrogen functional groups attached to an aromatic ring is 1. The van der Waals surface area contributed by atoms with Gasteiger partial charge in [-0.2, -0.15) is 0 Å². The number of hydrogen-bond acceptors (Lipinski definition) is 6. The Morgan fingerprint density at radius 3 is 3.11 bits per heavy atom. The lowest BCUT2D eigenvalue weighted by Crippen LogP contribution is -2.07. The minimum atomic E-state index is 0.0761. The van der Waals surface area contributed by atoms with Crippen LogP contribution in [0.4, 0.5) is 10.8 Å². The zero-order chi connectivity index (χ0) is 12.8. The summed E-state index contributed by atoms with van der Waals surface area (Å²) >= 11 is 1.60. The number of benzene rings is 1. The molecule has 0 spiro atoms. The first-order valence-corrected chi connectivity index (χ1v) is 6.70. The predicted molar refractivity (Wildman–Crippen MR) is 75.0 cm³/mol. The highest BCUT2D eigenvalue weighted by atomic mass is 32.1. The molecule has 98 valence electrons. The second-order valence-electron chi connectivity index (χ2n) is 3.86. The van der Waals surface area contributed by atoms with E-state index in [1.807, 2.05) is 18.2 Å². The lowest BCUT2D eigenvalue weighted by molar-refractivity contribution is 0.0922. The summed E-state index contributed by atoms with van der Waals surface area (Å²) in [4.78, 5) is 4.46. The molecule has 0 aliphatic heterocycles. The summed E-state index contributed by atoms with van der Waals surface area (Å²) in [6, 6.07) is 5.72. The summed E-state index contributed by atoms with van der Waals surface area (Å²) in [7, 11) is 0. The van der Waals surface area contributed by atoms with Gasteiger partial charge in [0.05, 0.1) is 23.4 Å². The molecule has 1 aromatic heterocycles. The molecule has 1 aromatic carbocycles. The minimum Gasteiger partial charge on any atom is -0.399 e. The Kier molecular flexibility index (Phi) is 4.74. The molecule has 0 saturated heterocycles. The molecule has 4 N–H and O–H groups in total. The van der Waals surface area contributed by atoms with Gasteiger partial charge in [0.2, 0.25) is 0 Å². The zero-order valence-electron chi connectivity index (χ0n) is 10.1. The van der Waals surface area contributed by atoms with Crippen LogP contribution in [0.1, 0.15) is 6.42 Å². The number of hydrogen-bond donors (Lipinski definition) is 3. The van der Waals surface area contributed by atoms with Crippen LogP contribution in [0, 0.1) is 0 Å². The largest absolute Gasteiger partial charge is 0.399 e. The highest BCUT2D eigenvalue weighted by Gasteiger charge is 2.03. The standard InChI is InChI=1S/C12H17N3O2S/c13-9-2-3-10-11(8-9)18-12(15-10)14-4-1-6-17-7-5-16/h2-3,8,16H,1,4-7,13H2,(H,14,15). The van der Waals surface area contributed by atoms with E-state index < -0.39 is 0 Å². The summed E-state index contributed by atoms with van der Waals surface area (Å²) in [6.45, 7) is 1.93. The molecule has 0 radical (unpaired) electrons. The van der Waals surface area contributed by atoms with Crippen LogP contribution in [0.25, 0.3) is 10.2 Å². The van der Waals surface area contributed by atoms with Gasteiger partial charge in [0.25, 0.3) is 0 Å². The second kappa shape index (κ2) is 6.53. The van der Waals surface area contributed by atoms with Crippen molar-refractivity contribution in [2.75, 3.05) is 37.4 Å². The van der Waals surface area contributed by atoms with Crippen molar-refractivity contribution < 1.29 is 9.84 Å². The van der Waals surface area contributed by atoms with E-state index in [-0.39, 0.29) is 6.61 Å². The molecule has 0 aliphatic rings. The number of fused-ring (bicyclic) bond motifs is 1. The first-order valence-electron chi connectivity index (χ1n) is 5.88. The number of ether oxygens (including phenoxy) is 1. The Bertz CT molecular complexity index is 501. The normalized spacial score (nSPS) is 10.9. The number of aliphatic hydroxyl groups excluding tert-OH is 1. The summed E-state index contributed by atoms with van der Waals surface area (Å²) in [6.07, 6.45) is 0.887. The van der Waals surface area contributed by atoms with E-state index >= 15 is 0 Å². The van der Waals surface area contributed by atoms with Gasteiger partial charge < -0.3 is 20.9 Å². The van der Waals surface area contributed by atoms with E-state index in [0.717, 1.165) is 34.0 Å². The molecule has 0 fully saturated rings. The first-order chi connectivity index (χ1) is 8.79. The zero-order valence-corrected chi connectivity index (χ0v) is 10.9. The Hall–Kier alpha value is -1.37. The highest BCUT2D eigenvalue weighted by molar-refractivity contribution is 7.22. The molecule has 1 heterocycles. The number of aliphatic hydroxyl groups is 1. The number of nitrogens with zero attached hydrogens (tertiary/aromatic N) is 1. The van der Waals surface area contributed by atoms with Crippen LogP contribution in [-0.4, -0.2) is 36.5 Å². The van der Waals surface area contributed by atoms with Gasteiger partial charge in [-0.05, 0) is 24.6 Å². The molecule has 0 amide bonds. The van der Waals surface area contributed by atoms with Gasteiger partial charge in [0, 0.05) is 18.8 Å². The number of aromatic nitrogens is 1. The van der Waals surface area contributed by atoms with Gasteiger partial charge in [-0.3, -0.25) is 0 Å². The van der Waals surface area contributed by atoms with Crippen molar-refractivity contribution >= 4 is 32.4 Å². The van der Waals surface area contributed by atoms with Gasteiger partial charge in [0.1, 0.15) is 0 Å². The topological polar surface area (TPSA) is 80.4 Å². The number of rotatable bonds is 7. The Balaban J connectivity index is 1.81. The molecular formula is C12H17N3O2S. The van der Waals surface area contributed by atoms with E-state index in [1.165, 1.54) is 0 Å². The molecule has 0 bridgehead atoms. The fourth-order valence-corrected chi connectivity index (χ4v) is 2.49. The van der Waals surface area contributed by atoms with Crippen molar-refractivity contribution in [3.8, 4) is 0 Å². The van der Waals surface area contributed by atoms with Crippen molar-refractivity contribution in [1.82, 2.24) is 4.98 Å². The van der Waals surface area contributed by atoms with Crippen molar-refractivity contribution in [1.29, 1.82) is 0 Å². The van der Waals surface area contributed by atoms with E-state index in [0.29, 0.717) is 13.2 Å². The van der Waals surface area contributed by atoms with E-state index in [1.54, 1.807) is 11.3 Å². The molecule has 0 aliphatic carbocycles. The van der Waals surface area contributed by atoms with Crippen LogP contribution in [0.5, 0.6) is 0 Å². The van der Waals surface area contributed by atoms with Crippen LogP contribution >= 0.6 is 11.3 Å². The number of anilines is 2. The van der Waals surface area contributed by atoms with Crippen molar-refractivity contribution in [3.63, 3.8) is 0 Å². The van der Waals surface area contributed by atoms with Gasteiger partial charge >= 0.3 is 0 Å². The van der Waals surface area contributed by atoms with Crippen molar-refractivity contribution in [2.24, 2.45) is 0 Å². The Morgan fingerprint density at radius 2 is 2.28 bits per heavy atom. The summed E-state index contributed by atoms with van der Waals surface area (Å²) < 4.78 is 6.26. The fraction of sp³-hybridized carbons (Fsp3) is 0.417. The lowest BCUT2D eigenvalue weighted by Gasteiger charge is -2.02. The molecule has 0 saturated carbocycles. The molecular weight excluding hydrogens is 250 g/mol. The maximum Gasteiger partial charge on any atom is 0.183 e. The lowest BCUT2D eigenvalue weighted by atomic mass is 10.3. The number of nitrogens with one attached hydrogen (secondary N) is 1. The maximum atomic E-state index is 8.54. The van der Waals surface area contributed by atoms with Crippen molar-refractivity contribution in [3.05, 3.63) is 18.2 Å². The molecule has 5 nitrogen and oxygen atoms in total. The molecule has 2 rings (SSSR count). The molecule has 0 atom stereocenters. The van der Waals surface area contributed by atoms with Crippen LogP contribution in [0.15, 0.2) is 18.2 Å². The average molecular weight is 267 g/mol. The van der Waals surface area contributed by atoms with Crippen LogP contribution in [0.2, 0.25) is 0 Å². The summed E-state index contributed by atoms with van der Waals surface area (Å²) in [5.41, 5.74) is 7.45. The SMILES string of the molecule is Nc1ccc2nc(NCCCOCCO)sc2c1. The quantitative estimate of drug-likeness (QED) is 0.525. The van der Waals surface area contributed by atoms with E-state index in [2.05, 4.69) is 10.3 Å². The second-order valence-corrected chi connectivity index (χ2v) is 4.89. The third-order valence-electron chi connectivity index (χ3n) is 2.39. The summed E-state index contributed by atoms with van der Waals surface area (Å²) in [5.74, 6) is 0. The van der Waals surface area contributed by atoms with Crippen LogP contribution < -0.4 is 11.1 Å². The first kappa shape index (κ1) is 13.1. The molecule has 18 heavy (non-hydrogen) atoms. The Labute approximate surface area is 110 Å². The monoisotopic (exact) mass is 267 g/mol. The number of nitrogens with two attached hydrogens (primary N) is 1. The maximum absolute atomic E-state index is 8.54. The third kappa shape index (κ3) is 3.56. The predicted octanol–water partition coefficient (Wildman–Crippen LogP) is 1.69. The van der Waals surface area contributed by atoms with E-state index in [4.69, 9.17) is 15.6 Å². The highest BCUT2D eigenvalue weighted by Crippen LogP contribution is 2.27. The molecule has 2 aromatic rings. The van der Waals surface area contributed by atoms with Gasteiger partial charge in [-0.1, -0.05) is 11.3 Å². The van der Waals surface area contributed by atoms with Gasteiger partial charge in [-0.25, -0.2) is 4.98 Å². The van der Waals surface area contributed by atoms with Crippen LogP contribution in [-0.2, 0) is 4.74 Å². The van der Waals surface area contributed by atoms with Gasteiger partial charge in [-0.15, -0.1) is 0 Å². The number of thiazole rings is 1. The summed E-state index contributed by atoms with van der Waals surface area (Å²) in [5, 5.41) is 12.7. The van der Waals surface area contributed by atoms with E-state index in [9.17, 15) is 0 Å². The molecule has 6 heteroatoms. The third-order valence-corrected chi connectivity index (χ3v) is 3.37. The fourth-order valence-electron chi connectivity index (χ4n) is 1.55. The van der Waals surface area contributed by atoms with Crippen molar-refractivity contribution in [2.45, 2.75) is 6.42 Å². The van der Waals surface area contributed by atoms with Gasteiger partial charge in [0.15, 0.2) is 5.13 Å². The minimum absolute atomic E-state index is 0.0761.